The molecule has 0 bridgehead atoms. The fourth-order valence-corrected chi connectivity index (χ4v) is 5.26. The first-order valence-corrected chi connectivity index (χ1v) is 14.5. The van der Waals surface area contributed by atoms with Crippen LogP contribution in [0.15, 0.2) is 60.7 Å². The van der Waals surface area contributed by atoms with Crippen molar-refractivity contribution in [2.24, 2.45) is 0 Å². The summed E-state index contributed by atoms with van der Waals surface area (Å²) >= 11 is 0. The Morgan fingerprint density at radius 1 is 1.05 bits per heavy atom. The molecule has 0 radical (unpaired) electrons. The Kier molecular flexibility index (Phi) is 9.78. The molecule has 10 nitrogen and oxygen atoms in total. The lowest BCUT2D eigenvalue weighted by Gasteiger charge is -2.27. The summed E-state index contributed by atoms with van der Waals surface area (Å²) in [6.07, 6.45) is 0.979. The van der Waals surface area contributed by atoms with E-state index in [0.717, 1.165) is 22.6 Å². The number of methoxy groups -OCH3 is 1. The summed E-state index contributed by atoms with van der Waals surface area (Å²) in [6, 6.07) is 16.6. The van der Waals surface area contributed by atoms with Gasteiger partial charge >= 0.3 is 0 Å². The molecule has 40 heavy (non-hydrogen) atoms. The molecule has 0 aromatic heterocycles. The molecule has 0 saturated heterocycles. The number of halogens is 1. The second-order valence-corrected chi connectivity index (χ2v) is 11.7. The highest BCUT2D eigenvalue weighted by atomic mass is 35.5. The first-order chi connectivity index (χ1) is 18.5. The molecule has 0 fully saturated rings. The van der Waals surface area contributed by atoms with Crippen molar-refractivity contribution >= 4 is 62.1 Å². The third-order valence-electron chi connectivity index (χ3n) is 6.76. The molecule has 0 spiro atoms. The minimum absolute atomic E-state index is 0. The van der Waals surface area contributed by atoms with Crippen LogP contribution in [0.4, 0.5) is 11.4 Å². The summed E-state index contributed by atoms with van der Waals surface area (Å²) in [4.78, 5) is 43.0. The number of ether oxygens (including phenoxy) is 1. The number of benzene rings is 3. The van der Waals surface area contributed by atoms with Crippen molar-refractivity contribution in [3.63, 3.8) is 0 Å². The van der Waals surface area contributed by atoms with Gasteiger partial charge in [0.25, 0.3) is 5.91 Å². The van der Waals surface area contributed by atoms with E-state index in [-0.39, 0.29) is 25.5 Å². The molecule has 2 atom stereocenters. The van der Waals surface area contributed by atoms with Crippen molar-refractivity contribution < 1.29 is 27.5 Å². The van der Waals surface area contributed by atoms with Crippen LogP contribution in [0, 0.1) is 0 Å². The normalized spacial score (nSPS) is 16.0. The Morgan fingerprint density at radius 2 is 1.70 bits per heavy atom. The zero-order valence-electron chi connectivity index (χ0n) is 22.7. The predicted octanol–water partition coefficient (Wildman–Crippen LogP) is 2.29. The summed E-state index contributed by atoms with van der Waals surface area (Å²) in [5, 5.41) is 7.45. The second kappa shape index (κ2) is 12.7. The van der Waals surface area contributed by atoms with E-state index in [4.69, 9.17) is 4.74 Å². The first kappa shape index (κ1) is 30.9. The lowest BCUT2D eigenvalue weighted by molar-refractivity contribution is -0.128. The molecule has 1 aliphatic heterocycles. The molecule has 1 unspecified atom stereocenters. The number of nitrogens with one attached hydrogen (secondary N) is 2. The van der Waals surface area contributed by atoms with Gasteiger partial charge in [-0.15, -0.1) is 12.4 Å². The highest BCUT2D eigenvalue weighted by Crippen LogP contribution is 2.37. The average molecular weight is 589 g/mol. The third kappa shape index (κ3) is 6.55. The number of rotatable bonds is 8. The maximum Gasteiger partial charge on any atom is 0.251 e. The molecule has 4 rings (SSSR count). The average Bonchev–Trinajstić information content (AvgIpc) is 3.02. The number of carbonyl (C=O) groups is 3. The highest BCUT2D eigenvalue weighted by Gasteiger charge is 2.38. The van der Waals surface area contributed by atoms with Crippen molar-refractivity contribution in [1.29, 1.82) is 0 Å². The third-order valence-corrected chi connectivity index (χ3v) is 7.53. The molecule has 0 aliphatic carbocycles. The quantitative estimate of drug-likeness (QED) is 0.414. The Hall–Kier alpha value is -3.67. The number of carbonyl (C=O) groups excluding carboxylic acids is 3. The highest BCUT2D eigenvalue weighted by molar-refractivity contribution is 7.91. The van der Waals surface area contributed by atoms with Gasteiger partial charge in [-0.05, 0) is 42.9 Å². The molecule has 3 aromatic carbocycles. The number of likely N-dealkylation sites (N-methyl/N-ethyl adjacent to an activating group) is 1. The summed E-state index contributed by atoms with van der Waals surface area (Å²) in [6.45, 7) is 1.51. The van der Waals surface area contributed by atoms with Gasteiger partial charge < -0.3 is 25.2 Å². The molecule has 2 N–H and O–H groups in total. The number of hydrogen-bond acceptors (Lipinski definition) is 7. The zero-order chi connectivity index (χ0) is 28.3. The minimum atomic E-state index is -3.66. The van der Waals surface area contributed by atoms with Crippen LogP contribution in [0.3, 0.4) is 0 Å². The van der Waals surface area contributed by atoms with Gasteiger partial charge in [-0.25, -0.2) is 8.42 Å². The Bertz CT molecular complexity index is 1530. The largest absolute Gasteiger partial charge is 0.496 e. The fraction of sp³-hybridized carbons (Fsp3) is 0.321. The summed E-state index contributed by atoms with van der Waals surface area (Å²) < 4.78 is 29.7. The van der Waals surface area contributed by atoms with Crippen molar-refractivity contribution in [2.75, 3.05) is 42.5 Å². The van der Waals surface area contributed by atoms with Gasteiger partial charge in [0, 0.05) is 11.8 Å². The number of hydrogen-bond donors (Lipinski definition) is 2. The molecule has 0 saturated carbocycles. The van der Waals surface area contributed by atoms with Crippen LogP contribution < -0.4 is 25.2 Å². The topological polar surface area (TPSA) is 125 Å². The van der Waals surface area contributed by atoms with Crippen molar-refractivity contribution in [3.8, 4) is 5.75 Å². The van der Waals surface area contributed by atoms with Crippen LogP contribution in [0.1, 0.15) is 12.5 Å². The fourth-order valence-electron chi connectivity index (χ4n) is 4.65. The van der Waals surface area contributed by atoms with Crippen LogP contribution in [-0.2, 0) is 30.8 Å². The molecule has 12 heteroatoms. The van der Waals surface area contributed by atoms with Crippen LogP contribution in [-0.4, -0.2) is 70.9 Å². The molecule has 214 valence electrons. The Morgan fingerprint density at radius 3 is 2.35 bits per heavy atom. The van der Waals surface area contributed by atoms with E-state index in [0.29, 0.717) is 17.1 Å². The maximum atomic E-state index is 14.1. The summed E-state index contributed by atoms with van der Waals surface area (Å²) in [7, 11) is -0.481. The number of para-hydroxylation sites is 2. The van der Waals surface area contributed by atoms with Crippen molar-refractivity contribution in [3.05, 3.63) is 66.2 Å². The number of anilines is 2. The molecular weight excluding hydrogens is 556 g/mol. The van der Waals surface area contributed by atoms with E-state index in [1.54, 1.807) is 45.3 Å². The SMILES string of the molecule is CNC(C)C(=O)N[C@H]1CN(C(=O)CS(C)(=O)=O)c2ccccc2N(Cc2c(OC)ccc3ccccc23)C1=O.Cl. The Balaban J connectivity index is 0.00000441. The van der Waals surface area contributed by atoms with Gasteiger partial charge in [0.2, 0.25) is 11.8 Å². The summed E-state index contributed by atoms with van der Waals surface area (Å²) in [5.41, 5.74) is 1.54. The zero-order valence-corrected chi connectivity index (χ0v) is 24.3. The van der Waals surface area contributed by atoms with Gasteiger partial charge in [0.1, 0.15) is 17.5 Å². The van der Waals surface area contributed by atoms with Crippen molar-refractivity contribution in [2.45, 2.75) is 25.6 Å². The van der Waals surface area contributed by atoms with E-state index in [1.807, 2.05) is 36.4 Å². The number of nitrogens with zero attached hydrogens (tertiary/aromatic N) is 2. The van der Waals surface area contributed by atoms with E-state index >= 15 is 0 Å². The lowest BCUT2D eigenvalue weighted by atomic mass is 10.0. The minimum Gasteiger partial charge on any atom is -0.496 e. The molecule has 3 aromatic rings. The lowest BCUT2D eigenvalue weighted by Crippen LogP contribution is -2.56. The van der Waals surface area contributed by atoms with Gasteiger partial charge in [0.05, 0.1) is 37.6 Å². The molecule has 1 heterocycles. The maximum absolute atomic E-state index is 14.1. The van der Waals surface area contributed by atoms with E-state index in [2.05, 4.69) is 10.6 Å². The smallest absolute Gasteiger partial charge is 0.251 e. The van der Waals surface area contributed by atoms with Gasteiger partial charge in [-0.1, -0.05) is 42.5 Å². The van der Waals surface area contributed by atoms with E-state index < -0.39 is 45.4 Å². The Labute approximate surface area is 240 Å². The van der Waals surface area contributed by atoms with Crippen LogP contribution in [0.25, 0.3) is 10.8 Å². The monoisotopic (exact) mass is 588 g/mol. The van der Waals surface area contributed by atoms with Gasteiger partial charge in [-0.3, -0.25) is 14.4 Å². The van der Waals surface area contributed by atoms with Crippen molar-refractivity contribution in [1.82, 2.24) is 10.6 Å². The van der Waals surface area contributed by atoms with Crippen LogP contribution >= 0.6 is 12.4 Å². The van der Waals surface area contributed by atoms with Crippen LogP contribution in [0.5, 0.6) is 5.75 Å². The van der Waals surface area contributed by atoms with Gasteiger partial charge in [0.15, 0.2) is 9.84 Å². The summed E-state index contributed by atoms with van der Waals surface area (Å²) in [5.74, 6) is -1.72. The first-order valence-electron chi connectivity index (χ1n) is 12.4. The predicted molar refractivity (Wildman–Crippen MR) is 158 cm³/mol. The van der Waals surface area contributed by atoms with Crippen LogP contribution in [0.2, 0.25) is 0 Å². The molecular formula is C28H33ClN4O6S. The molecule has 3 amide bonds. The second-order valence-electron chi connectivity index (χ2n) is 9.53. The standard InChI is InChI=1S/C28H32N4O6S.ClH/c1-18(29-2)27(34)30-22-16-31(26(33)17-39(4,36)37)23-11-7-8-12-24(23)32(28(22)35)15-21-20-10-6-5-9-19(20)13-14-25(21)38-3;/h5-14,18,22,29H,15-17H2,1-4H3,(H,30,34);1H/t18?,22-;/m0./s1. The van der Waals surface area contributed by atoms with E-state index in [1.165, 1.54) is 9.80 Å². The molecule has 1 aliphatic rings. The van der Waals surface area contributed by atoms with E-state index in [9.17, 15) is 22.8 Å². The number of amides is 3. The number of fused-ring (bicyclic) bond motifs is 2. The van der Waals surface area contributed by atoms with Gasteiger partial charge in [-0.2, -0.15) is 0 Å². The number of sulfone groups is 1.